The molecule has 3 heteroatoms. The van der Waals surface area contributed by atoms with Crippen LogP contribution < -0.4 is 20.7 Å². The zero-order valence-corrected chi connectivity index (χ0v) is 22.1. The Morgan fingerprint density at radius 2 is 1.20 bits per heavy atom. The Bertz CT molecular complexity index is 1560. The van der Waals surface area contributed by atoms with Gasteiger partial charge in [0.1, 0.15) is 11.5 Å². The Morgan fingerprint density at radius 3 is 1.97 bits per heavy atom. The van der Waals surface area contributed by atoms with E-state index in [2.05, 4.69) is 133 Å². The predicted octanol–water partition coefficient (Wildman–Crippen LogP) is 8.26. The van der Waals surface area contributed by atoms with Crippen molar-refractivity contribution in [1.29, 1.82) is 0 Å². The molecule has 5 aromatic carbocycles. The van der Waals surface area contributed by atoms with Crippen molar-refractivity contribution in [3.05, 3.63) is 125 Å². The van der Waals surface area contributed by atoms with Gasteiger partial charge in [-0.2, -0.15) is 0 Å². The molecule has 1 atom stereocenters. The fourth-order valence-corrected chi connectivity index (χ4v) is 7.81. The summed E-state index contributed by atoms with van der Waals surface area (Å²) in [5.74, 6) is 1.93. The highest BCUT2D eigenvalue weighted by Crippen LogP contribution is 2.45. The lowest BCUT2D eigenvalue weighted by Crippen LogP contribution is -2.27. The van der Waals surface area contributed by atoms with E-state index >= 15 is 0 Å². The summed E-state index contributed by atoms with van der Waals surface area (Å²) in [5.41, 5.74) is 7.55. The van der Waals surface area contributed by atoms with Crippen LogP contribution in [-0.4, -0.2) is 0 Å². The Hall–Kier alpha value is -3.19. The summed E-state index contributed by atoms with van der Waals surface area (Å²) in [6.45, 7) is 4.37. The smallest absolute Gasteiger partial charge is 0.135 e. The normalized spacial score (nSPS) is 14.1. The van der Waals surface area contributed by atoms with Crippen molar-refractivity contribution in [1.82, 2.24) is 0 Å². The molecule has 0 aromatic heterocycles. The van der Waals surface area contributed by atoms with E-state index in [0.29, 0.717) is 0 Å². The lowest BCUT2D eigenvalue weighted by atomic mass is 9.93. The number of benzene rings is 5. The molecule has 170 valence electrons. The summed E-state index contributed by atoms with van der Waals surface area (Å²) < 4.78 is 7.47. The van der Waals surface area contributed by atoms with Crippen LogP contribution >= 0.6 is 23.9 Å². The van der Waals surface area contributed by atoms with E-state index in [-0.39, 0.29) is 0 Å². The van der Waals surface area contributed by atoms with Crippen LogP contribution in [0.4, 0.5) is 0 Å². The summed E-state index contributed by atoms with van der Waals surface area (Å²) in [4.78, 5) is 0. The highest BCUT2D eigenvalue weighted by molar-refractivity contribution is 9.10. The van der Waals surface area contributed by atoms with Crippen LogP contribution in [0.3, 0.4) is 0 Å². The summed E-state index contributed by atoms with van der Waals surface area (Å²) in [5, 5.41) is 3.89. The van der Waals surface area contributed by atoms with Crippen molar-refractivity contribution in [3.8, 4) is 33.8 Å². The molecule has 5 aromatic rings. The average molecular weight is 535 g/mol. The maximum absolute atomic E-state index is 6.36. The minimum absolute atomic E-state index is 0.692. The van der Waals surface area contributed by atoms with Crippen LogP contribution in [0.5, 0.6) is 11.5 Å². The number of ether oxygens (including phenoxy) is 1. The highest BCUT2D eigenvalue weighted by atomic mass is 79.9. The molecule has 35 heavy (non-hydrogen) atoms. The van der Waals surface area contributed by atoms with Gasteiger partial charge in [-0.1, -0.05) is 94.8 Å². The zero-order chi connectivity index (χ0) is 23.9. The molecule has 0 spiro atoms. The first-order chi connectivity index (χ1) is 17.1. The summed E-state index contributed by atoms with van der Waals surface area (Å²) >= 11 is 3.58. The van der Waals surface area contributed by atoms with E-state index in [0.717, 1.165) is 16.0 Å². The number of fused-ring (bicyclic) bond motifs is 2. The second kappa shape index (κ2) is 9.11. The van der Waals surface area contributed by atoms with Crippen LogP contribution in [0.1, 0.15) is 11.1 Å². The number of para-hydroxylation sites is 1. The fraction of sp³-hybridized carbons (Fsp3) is 0.0625. The summed E-state index contributed by atoms with van der Waals surface area (Å²) in [6, 6.07) is 39.2. The first kappa shape index (κ1) is 22.3. The van der Waals surface area contributed by atoms with E-state index in [1.165, 1.54) is 49.3 Å². The Labute approximate surface area is 216 Å². The van der Waals surface area contributed by atoms with Gasteiger partial charge in [0.15, 0.2) is 0 Å². The van der Waals surface area contributed by atoms with Crippen LogP contribution in [0, 0.1) is 13.8 Å². The van der Waals surface area contributed by atoms with E-state index in [4.69, 9.17) is 4.74 Å². The average Bonchev–Trinajstić information content (AvgIpc) is 2.88. The minimum atomic E-state index is -0.692. The highest BCUT2D eigenvalue weighted by Gasteiger charge is 2.28. The van der Waals surface area contributed by atoms with Crippen molar-refractivity contribution < 1.29 is 4.74 Å². The number of rotatable bonds is 3. The molecule has 0 saturated heterocycles. The van der Waals surface area contributed by atoms with Crippen LogP contribution in [0.25, 0.3) is 22.3 Å². The first-order valence-corrected chi connectivity index (χ1v) is 13.9. The summed E-state index contributed by atoms with van der Waals surface area (Å²) in [6.07, 6.45) is 0. The van der Waals surface area contributed by atoms with Gasteiger partial charge in [0.05, 0.1) is 0 Å². The van der Waals surface area contributed by atoms with Crippen molar-refractivity contribution in [2.75, 3.05) is 0 Å². The number of hydrogen-bond donors (Lipinski definition) is 0. The standard InChI is InChI=1S/C32H24BrOP/c1-21-18-23(12-15-27(21)28-16-14-25(33)19-22(28)2)24-13-17-30-32(20-24)35(26-8-4-3-5-9-26)31-11-7-6-10-29(31)34-30/h3-20H,1-2H3. The first-order valence-electron chi connectivity index (χ1n) is 11.7. The molecule has 0 saturated carbocycles. The molecule has 0 bridgehead atoms. The van der Waals surface area contributed by atoms with Gasteiger partial charge in [-0.05, 0) is 90.8 Å². The number of halogens is 1. The third-order valence-corrected chi connectivity index (χ3v) is 9.57. The molecule has 1 unspecified atom stereocenters. The Kier molecular flexibility index (Phi) is 5.80. The van der Waals surface area contributed by atoms with Crippen molar-refractivity contribution in [2.45, 2.75) is 13.8 Å². The molecule has 6 rings (SSSR count). The van der Waals surface area contributed by atoms with Gasteiger partial charge in [0, 0.05) is 15.1 Å². The zero-order valence-electron chi connectivity index (χ0n) is 19.6. The van der Waals surface area contributed by atoms with Gasteiger partial charge in [-0.15, -0.1) is 0 Å². The molecule has 0 N–H and O–H groups in total. The van der Waals surface area contributed by atoms with E-state index in [9.17, 15) is 0 Å². The molecule has 1 aliphatic rings. The van der Waals surface area contributed by atoms with Crippen LogP contribution in [-0.2, 0) is 0 Å². The number of hydrogen-bond acceptors (Lipinski definition) is 1. The largest absolute Gasteiger partial charge is 0.456 e. The third kappa shape index (κ3) is 4.12. The molecular formula is C32H24BrOP. The molecule has 0 amide bonds. The van der Waals surface area contributed by atoms with Gasteiger partial charge >= 0.3 is 0 Å². The third-order valence-electron chi connectivity index (χ3n) is 6.58. The summed E-state index contributed by atoms with van der Waals surface area (Å²) in [7, 11) is -0.692. The van der Waals surface area contributed by atoms with E-state index < -0.39 is 7.92 Å². The lowest BCUT2D eigenvalue weighted by Gasteiger charge is -2.29. The Morgan fingerprint density at radius 1 is 0.571 bits per heavy atom. The molecule has 1 nitrogen and oxygen atoms in total. The van der Waals surface area contributed by atoms with Gasteiger partial charge in [-0.25, -0.2) is 0 Å². The van der Waals surface area contributed by atoms with Gasteiger partial charge in [0.2, 0.25) is 0 Å². The van der Waals surface area contributed by atoms with Crippen LogP contribution in [0.15, 0.2) is 114 Å². The van der Waals surface area contributed by atoms with Gasteiger partial charge < -0.3 is 4.74 Å². The van der Waals surface area contributed by atoms with Crippen molar-refractivity contribution in [3.63, 3.8) is 0 Å². The number of aryl methyl sites for hydroxylation is 2. The topological polar surface area (TPSA) is 9.23 Å². The SMILES string of the molecule is Cc1cc(Br)ccc1-c1ccc(-c2ccc3c(c2)P(c2ccccc2)c2ccccc2O3)cc1C. The molecule has 0 fully saturated rings. The molecule has 1 heterocycles. The maximum atomic E-state index is 6.36. The van der Waals surface area contributed by atoms with Crippen molar-refractivity contribution in [2.24, 2.45) is 0 Å². The monoisotopic (exact) mass is 534 g/mol. The van der Waals surface area contributed by atoms with Crippen molar-refractivity contribution >= 4 is 39.8 Å². The molecule has 0 radical (unpaired) electrons. The van der Waals surface area contributed by atoms with Gasteiger partial charge in [0.25, 0.3) is 0 Å². The van der Waals surface area contributed by atoms with E-state index in [1.54, 1.807) is 0 Å². The fourth-order valence-electron chi connectivity index (χ4n) is 4.86. The maximum Gasteiger partial charge on any atom is 0.135 e. The lowest BCUT2D eigenvalue weighted by molar-refractivity contribution is 0.488. The molecule has 0 aliphatic carbocycles. The molecule has 1 aliphatic heterocycles. The minimum Gasteiger partial charge on any atom is -0.456 e. The van der Waals surface area contributed by atoms with E-state index in [1.807, 2.05) is 6.07 Å². The predicted molar refractivity (Wildman–Crippen MR) is 153 cm³/mol. The molecular weight excluding hydrogens is 511 g/mol. The quantitative estimate of drug-likeness (QED) is 0.207. The second-order valence-electron chi connectivity index (χ2n) is 8.91. The second-order valence-corrected chi connectivity index (χ2v) is 12.0. The van der Waals surface area contributed by atoms with Gasteiger partial charge in [-0.3, -0.25) is 0 Å². The Balaban J connectivity index is 1.44. The van der Waals surface area contributed by atoms with Crippen LogP contribution in [0.2, 0.25) is 0 Å².